The molecule has 2 atom stereocenters. The van der Waals surface area contributed by atoms with Gasteiger partial charge in [0.1, 0.15) is 5.60 Å². The van der Waals surface area contributed by atoms with E-state index < -0.39 is 11.2 Å². The van der Waals surface area contributed by atoms with Gasteiger partial charge in [-0.15, -0.1) is 0 Å². The van der Waals surface area contributed by atoms with E-state index in [0.29, 0.717) is 26.1 Å². The molecule has 2 unspecified atom stereocenters. The zero-order chi connectivity index (χ0) is 20.1. The summed E-state index contributed by atoms with van der Waals surface area (Å²) in [7, 11) is 0. The van der Waals surface area contributed by atoms with Gasteiger partial charge < -0.3 is 14.6 Å². The van der Waals surface area contributed by atoms with Crippen molar-refractivity contribution in [3.63, 3.8) is 0 Å². The number of carbonyl (C=O) groups is 1. The van der Waals surface area contributed by atoms with Crippen LogP contribution in [0.1, 0.15) is 44.9 Å². The van der Waals surface area contributed by atoms with Gasteiger partial charge in [-0.05, 0) is 51.5 Å². The first kappa shape index (κ1) is 19.2. The van der Waals surface area contributed by atoms with Gasteiger partial charge in [0.2, 0.25) is 0 Å². The van der Waals surface area contributed by atoms with E-state index in [1.54, 1.807) is 4.90 Å². The predicted octanol–water partition coefficient (Wildman–Crippen LogP) is 3.53. The first-order chi connectivity index (χ1) is 13.1. The Labute approximate surface area is 165 Å². The van der Waals surface area contributed by atoms with Gasteiger partial charge >= 0.3 is 6.09 Å². The molecule has 1 aromatic carbocycles. The van der Waals surface area contributed by atoms with E-state index in [0.717, 1.165) is 22.2 Å². The Kier molecular flexibility index (Phi) is 4.59. The largest absolute Gasteiger partial charge is 0.444 e. The summed E-state index contributed by atoms with van der Waals surface area (Å²) < 4.78 is 11.3. The van der Waals surface area contributed by atoms with Crippen LogP contribution in [-0.2, 0) is 15.1 Å². The number of benzene rings is 1. The molecule has 2 bridgehead atoms. The van der Waals surface area contributed by atoms with Gasteiger partial charge in [0, 0.05) is 23.9 Å². The van der Waals surface area contributed by atoms with E-state index in [4.69, 9.17) is 9.47 Å². The number of morpholine rings is 1. The van der Waals surface area contributed by atoms with E-state index >= 15 is 0 Å². The van der Waals surface area contributed by atoms with Crippen LogP contribution in [0.3, 0.4) is 0 Å². The van der Waals surface area contributed by atoms with E-state index in [2.05, 4.69) is 4.98 Å². The van der Waals surface area contributed by atoms with Crippen LogP contribution in [0.15, 0.2) is 30.3 Å². The maximum atomic E-state index is 12.7. The first-order valence-corrected chi connectivity index (χ1v) is 9.84. The lowest BCUT2D eigenvalue weighted by Crippen LogP contribution is -2.63. The molecule has 28 heavy (non-hydrogen) atoms. The molecular formula is C22H28N2O4. The lowest BCUT2D eigenvalue weighted by Gasteiger charge is -2.51. The SMILES string of the molecule is Cc1ccc2cc(C3(O)CC4COCC(C3)N4C(=O)OC(C)(C)C)ccc2n1. The Hall–Kier alpha value is -2.18. The number of aliphatic hydroxyl groups is 1. The number of aromatic nitrogens is 1. The molecule has 150 valence electrons. The molecule has 6 heteroatoms. The van der Waals surface area contributed by atoms with E-state index in [9.17, 15) is 9.90 Å². The van der Waals surface area contributed by atoms with Gasteiger partial charge in [-0.1, -0.05) is 12.1 Å². The average molecular weight is 384 g/mol. The zero-order valence-electron chi connectivity index (χ0n) is 16.9. The number of aryl methyl sites for hydroxylation is 1. The molecule has 2 fully saturated rings. The minimum absolute atomic E-state index is 0.209. The molecule has 6 nitrogen and oxygen atoms in total. The second-order valence-electron chi connectivity index (χ2n) is 9.03. The fraction of sp³-hybridized carbons (Fsp3) is 0.545. The molecule has 0 saturated carbocycles. The Bertz CT molecular complexity index is 891. The summed E-state index contributed by atoms with van der Waals surface area (Å²) in [5.41, 5.74) is 1.20. The van der Waals surface area contributed by atoms with Crippen LogP contribution in [0.2, 0.25) is 0 Å². The highest BCUT2D eigenvalue weighted by Crippen LogP contribution is 2.42. The maximum Gasteiger partial charge on any atom is 0.410 e. The standard InChI is InChI=1S/C22H28N2O4/c1-14-5-6-15-9-16(7-8-19(15)23-14)22(26)10-17-12-27-13-18(11-22)24(17)20(25)28-21(2,3)4/h5-9,17-18,26H,10-13H2,1-4H3. The number of nitrogens with zero attached hydrogens (tertiary/aromatic N) is 2. The fourth-order valence-corrected chi connectivity index (χ4v) is 4.34. The van der Waals surface area contributed by atoms with Gasteiger partial charge in [-0.3, -0.25) is 9.88 Å². The number of ether oxygens (including phenoxy) is 2. The van der Waals surface area contributed by atoms with Crippen LogP contribution in [-0.4, -0.2) is 52.0 Å². The van der Waals surface area contributed by atoms with Crippen molar-refractivity contribution in [3.05, 3.63) is 41.6 Å². The number of amides is 1. The molecule has 0 spiro atoms. The van der Waals surface area contributed by atoms with Crippen molar-refractivity contribution in [3.8, 4) is 0 Å². The second-order valence-corrected chi connectivity index (χ2v) is 9.03. The monoisotopic (exact) mass is 384 g/mol. The van der Waals surface area contributed by atoms with E-state index in [1.165, 1.54) is 0 Å². The van der Waals surface area contributed by atoms with Crippen LogP contribution in [0, 0.1) is 6.92 Å². The highest BCUT2D eigenvalue weighted by Gasteiger charge is 2.49. The molecule has 2 aromatic rings. The lowest BCUT2D eigenvalue weighted by molar-refractivity contribution is -0.141. The van der Waals surface area contributed by atoms with Crippen molar-refractivity contribution in [2.24, 2.45) is 0 Å². The highest BCUT2D eigenvalue weighted by atomic mass is 16.6. The van der Waals surface area contributed by atoms with Crippen LogP contribution in [0.25, 0.3) is 10.9 Å². The number of hydrogen-bond donors (Lipinski definition) is 1. The summed E-state index contributed by atoms with van der Waals surface area (Å²) in [5.74, 6) is 0. The lowest BCUT2D eigenvalue weighted by atomic mass is 9.76. The van der Waals surface area contributed by atoms with Crippen molar-refractivity contribution in [2.75, 3.05) is 13.2 Å². The highest BCUT2D eigenvalue weighted by molar-refractivity contribution is 5.79. The summed E-state index contributed by atoms with van der Waals surface area (Å²) in [4.78, 5) is 19.1. The average Bonchev–Trinajstić information content (AvgIpc) is 2.58. The fourth-order valence-electron chi connectivity index (χ4n) is 4.34. The molecule has 3 heterocycles. The summed E-state index contributed by atoms with van der Waals surface area (Å²) >= 11 is 0. The Balaban J connectivity index is 1.62. The minimum Gasteiger partial charge on any atom is -0.444 e. The van der Waals surface area contributed by atoms with Crippen LogP contribution >= 0.6 is 0 Å². The van der Waals surface area contributed by atoms with Gasteiger partial charge in [0.05, 0.1) is 36.4 Å². The quantitative estimate of drug-likeness (QED) is 0.814. The molecule has 0 aliphatic carbocycles. The zero-order valence-corrected chi connectivity index (χ0v) is 16.9. The normalized spacial score (nSPS) is 27.7. The van der Waals surface area contributed by atoms with Crippen LogP contribution < -0.4 is 0 Å². The topological polar surface area (TPSA) is 71.9 Å². The van der Waals surface area contributed by atoms with E-state index in [1.807, 2.05) is 58.0 Å². The van der Waals surface area contributed by atoms with Crippen LogP contribution in [0.5, 0.6) is 0 Å². The summed E-state index contributed by atoms with van der Waals surface area (Å²) in [6.07, 6.45) is 0.521. The molecule has 2 saturated heterocycles. The Morgan fingerprint density at radius 1 is 1.21 bits per heavy atom. The maximum absolute atomic E-state index is 12.7. The summed E-state index contributed by atoms with van der Waals surface area (Å²) in [6, 6.07) is 9.52. The molecule has 1 aromatic heterocycles. The third-order valence-corrected chi connectivity index (χ3v) is 5.52. The number of piperidine rings is 1. The van der Waals surface area contributed by atoms with Crippen molar-refractivity contribution >= 4 is 17.0 Å². The molecule has 2 aliphatic rings. The summed E-state index contributed by atoms with van der Waals surface area (Å²) in [5, 5.41) is 12.5. The van der Waals surface area contributed by atoms with Gasteiger partial charge in [-0.25, -0.2) is 4.79 Å². The minimum atomic E-state index is -1.00. The molecule has 0 radical (unpaired) electrons. The van der Waals surface area contributed by atoms with Crippen LogP contribution in [0.4, 0.5) is 4.79 Å². The third kappa shape index (κ3) is 3.59. The van der Waals surface area contributed by atoms with Crippen molar-refractivity contribution in [1.82, 2.24) is 9.88 Å². The van der Waals surface area contributed by atoms with Gasteiger partial charge in [0.15, 0.2) is 0 Å². The molecule has 2 aliphatic heterocycles. The molecular weight excluding hydrogens is 356 g/mol. The molecule has 1 amide bonds. The first-order valence-electron chi connectivity index (χ1n) is 9.84. The number of hydrogen-bond acceptors (Lipinski definition) is 5. The number of rotatable bonds is 1. The number of pyridine rings is 1. The third-order valence-electron chi connectivity index (χ3n) is 5.52. The molecule has 4 rings (SSSR count). The molecule has 1 N–H and O–H groups in total. The second kappa shape index (κ2) is 6.71. The smallest absolute Gasteiger partial charge is 0.410 e. The number of fused-ring (bicyclic) bond motifs is 3. The van der Waals surface area contributed by atoms with Gasteiger partial charge in [-0.2, -0.15) is 0 Å². The van der Waals surface area contributed by atoms with E-state index in [-0.39, 0.29) is 18.2 Å². The predicted molar refractivity (Wildman–Crippen MR) is 106 cm³/mol. The summed E-state index contributed by atoms with van der Waals surface area (Å²) in [6.45, 7) is 8.38. The number of carbonyl (C=O) groups excluding carboxylic acids is 1. The Morgan fingerprint density at radius 2 is 1.89 bits per heavy atom. The Morgan fingerprint density at radius 3 is 2.54 bits per heavy atom. The van der Waals surface area contributed by atoms with Crippen molar-refractivity contribution in [1.29, 1.82) is 0 Å². The van der Waals surface area contributed by atoms with Crippen molar-refractivity contribution in [2.45, 2.75) is 63.8 Å². The van der Waals surface area contributed by atoms with Gasteiger partial charge in [0.25, 0.3) is 0 Å². The van der Waals surface area contributed by atoms with Crippen molar-refractivity contribution < 1.29 is 19.4 Å².